The van der Waals surface area contributed by atoms with Crippen LogP contribution in [0.1, 0.15) is 50.8 Å². The van der Waals surface area contributed by atoms with Crippen molar-refractivity contribution in [1.82, 2.24) is 4.57 Å². The van der Waals surface area contributed by atoms with Crippen LogP contribution in [0.3, 0.4) is 0 Å². The number of hydrogen-bond donors (Lipinski definition) is 0. The zero-order valence-electron chi connectivity index (χ0n) is 23.6. The van der Waals surface area contributed by atoms with E-state index in [9.17, 15) is 9.59 Å². The van der Waals surface area contributed by atoms with Gasteiger partial charge in [-0.25, -0.2) is 9.79 Å². The predicted molar refractivity (Wildman–Crippen MR) is 153 cm³/mol. The monoisotopic (exact) mass is 566 g/mol. The maximum atomic E-state index is 13.9. The van der Waals surface area contributed by atoms with Crippen molar-refractivity contribution in [3.63, 3.8) is 0 Å². The third-order valence-electron chi connectivity index (χ3n) is 6.48. The molecular formula is C30H34N2O7S. The second kappa shape index (κ2) is 12.9. The van der Waals surface area contributed by atoms with Crippen molar-refractivity contribution >= 4 is 23.4 Å². The van der Waals surface area contributed by atoms with Gasteiger partial charge < -0.3 is 23.7 Å². The predicted octanol–water partition coefficient (Wildman–Crippen LogP) is 4.00. The number of aromatic nitrogens is 1. The number of methoxy groups -OCH3 is 3. The summed E-state index contributed by atoms with van der Waals surface area (Å²) in [5.41, 5.74) is 1.95. The van der Waals surface area contributed by atoms with E-state index in [1.54, 1.807) is 70.1 Å². The maximum absolute atomic E-state index is 13.9. The highest BCUT2D eigenvalue weighted by Crippen LogP contribution is 2.36. The Balaban J connectivity index is 1.89. The Hall–Kier alpha value is -4.05. The van der Waals surface area contributed by atoms with Crippen LogP contribution in [-0.4, -0.2) is 45.1 Å². The second-order valence-corrected chi connectivity index (χ2v) is 10.0. The fraction of sp³-hybridized carbons (Fsp3) is 0.367. The molecule has 1 aliphatic heterocycles. The van der Waals surface area contributed by atoms with Crippen LogP contribution in [0.15, 0.2) is 57.5 Å². The van der Waals surface area contributed by atoms with Crippen LogP contribution in [0.4, 0.5) is 0 Å². The molecule has 3 aromatic rings. The van der Waals surface area contributed by atoms with Gasteiger partial charge in [-0.1, -0.05) is 36.8 Å². The molecule has 0 amide bonds. The molecule has 0 aliphatic carbocycles. The van der Waals surface area contributed by atoms with Gasteiger partial charge in [0, 0.05) is 0 Å². The summed E-state index contributed by atoms with van der Waals surface area (Å²) in [5.74, 6) is 1.73. The van der Waals surface area contributed by atoms with Crippen LogP contribution < -0.4 is 33.8 Å². The molecule has 10 heteroatoms. The van der Waals surface area contributed by atoms with E-state index in [4.69, 9.17) is 23.7 Å². The van der Waals surface area contributed by atoms with E-state index in [1.807, 2.05) is 12.1 Å². The quantitative estimate of drug-likeness (QED) is 0.256. The fourth-order valence-corrected chi connectivity index (χ4v) is 5.55. The van der Waals surface area contributed by atoms with Gasteiger partial charge in [-0.3, -0.25) is 9.36 Å². The Morgan fingerprint density at radius 1 is 1.00 bits per heavy atom. The normalized spacial score (nSPS) is 14.8. The number of nitrogens with zero attached hydrogens (tertiary/aromatic N) is 2. The van der Waals surface area contributed by atoms with Crippen LogP contribution in [0, 0.1) is 0 Å². The first-order chi connectivity index (χ1) is 19.4. The number of fused-ring (bicyclic) bond motifs is 1. The number of allylic oxidation sites excluding steroid dienone is 1. The van der Waals surface area contributed by atoms with Crippen LogP contribution in [0.2, 0.25) is 0 Å². The number of carbonyl (C=O) groups is 1. The van der Waals surface area contributed by atoms with Crippen molar-refractivity contribution in [1.29, 1.82) is 0 Å². The Labute approximate surface area is 236 Å². The molecule has 0 radical (unpaired) electrons. The van der Waals surface area contributed by atoms with Crippen molar-refractivity contribution < 1.29 is 28.5 Å². The van der Waals surface area contributed by atoms with Crippen LogP contribution in [0.5, 0.6) is 23.0 Å². The van der Waals surface area contributed by atoms with Gasteiger partial charge in [0.15, 0.2) is 27.8 Å². The van der Waals surface area contributed by atoms with Gasteiger partial charge in [0.2, 0.25) is 0 Å². The van der Waals surface area contributed by atoms with Crippen LogP contribution in [-0.2, 0) is 9.53 Å². The number of esters is 1. The van der Waals surface area contributed by atoms with E-state index in [0.29, 0.717) is 55.8 Å². The summed E-state index contributed by atoms with van der Waals surface area (Å²) in [7, 11) is 4.69. The molecule has 1 unspecified atom stereocenters. The lowest BCUT2D eigenvalue weighted by atomic mass is 9.95. The van der Waals surface area contributed by atoms with Crippen molar-refractivity contribution in [3.05, 3.63) is 78.5 Å². The molecule has 0 fully saturated rings. The third-order valence-corrected chi connectivity index (χ3v) is 7.46. The van der Waals surface area contributed by atoms with Crippen molar-refractivity contribution in [2.24, 2.45) is 4.99 Å². The van der Waals surface area contributed by atoms with Gasteiger partial charge in [0.25, 0.3) is 5.56 Å². The van der Waals surface area contributed by atoms with Gasteiger partial charge in [-0.2, -0.15) is 0 Å². The molecule has 212 valence electrons. The lowest BCUT2D eigenvalue weighted by Gasteiger charge is -2.25. The number of ether oxygens (including phenoxy) is 5. The molecule has 2 aromatic carbocycles. The lowest BCUT2D eigenvalue weighted by Crippen LogP contribution is -2.40. The molecule has 0 bridgehead atoms. The summed E-state index contributed by atoms with van der Waals surface area (Å²) in [5, 5.41) is 0. The van der Waals surface area contributed by atoms with E-state index >= 15 is 0 Å². The summed E-state index contributed by atoms with van der Waals surface area (Å²) in [4.78, 5) is 32.2. The highest BCUT2D eigenvalue weighted by Gasteiger charge is 2.34. The molecule has 9 nitrogen and oxygen atoms in total. The summed E-state index contributed by atoms with van der Waals surface area (Å²) < 4.78 is 29.7. The molecule has 0 spiro atoms. The largest absolute Gasteiger partial charge is 0.493 e. The van der Waals surface area contributed by atoms with Gasteiger partial charge in [0.1, 0.15) is 0 Å². The van der Waals surface area contributed by atoms with E-state index in [2.05, 4.69) is 11.9 Å². The number of thiazole rings is 1. The minimum absolute atomic E-state index is 0.194. The zero-order valence-corrected chi connectivity index (χ0v) is 24.4. The van der Waals surface area contributed by atoms with E-state index in [1.165, 1.54) is 11.3 Å². The summed E-state index contributed by atoms with van der Waals surface area (Å²) in [6, 6.07) is 10.1. The summed E-state index contributed by atoms with van der Waals surface area (Å²) >= 11 is 1.25. The number of benzene rings is 2. The maximum Gasteiger partial charge on any atom is 0.338 e. The number of hydrogen-bond acceptors (Lipinski definition) is 9. The molecule has 0 N–H and O–H groups in total. The van der Waals surface area contributed by atoms with E-state index < -0.39 is 12.0 Å². The lowest BCUT2D eigenvalue weighted by molar-refractivity contribution is -0.139. The average molecular weight is 567 g/mol. The number of rotatable bonds is 11. The Kier molecular flexibility index (Phi) is 9.31. The zero-order chi connectivity index (χ0) is 28.8. The Morgan fingerprint density at radius 2 is 1.70 bits per heavy atom. The first kappa shape index (κ1) is 28.9. The average Bonchev–Trinajstić information content (AvgIpc) is 3.26. The van der Waals surface area contributed by atoms with Gasteiger partial charge in [-0.05, 0) is 61.7 Å². The first-order valence-electron chi connectivity index (χ1n) is 13.1. The minimum Gasteiger partial charge on any atom is -0.493 e. The highest BCUT2D eigenvalue weighted by molar-refractivity contribution is 7.07. The van der Waals surface area contributed by atoms with Crippen molar-refractivity contribution in [2.75, 3.05) is 34.5 Å². The molecular weight excluding hydrogens is 532 g/mol. The smallest absolute Gasteiger partial charge is 0.338 e. The first-order valence-corrected chi connectivity index (χ1v) is 13.9. The molecule has 1 atom stereocenters. The van der Waals surface area contributed by atoms with E-state index in [-0.39, 0.29) is 12.2 Å². The molecule has 0 saturated heterocycles. The summed E-state index contributed by atoms with van der Waals surface area (Å²) in [6.07, 6.45) is 3.69. The molecule has 1 aliphatic rings. The third kappa shape index (κ3) is 5.77. The van der Waals surface area contributed by atoms with Gasteiger partial charge >= 0.3 is 5.97 Å². The number of unbranched alkanes of at least 4 members (excludes halogenated alkanes) is 1. The van der Waals surface area contributed by atoms with Gasteiger partial charge in [0.05, 0.1) is 56.4 Å². The minimum atomic E-state index is -0.763. The molecule has 40 heavy (non-hydrogen) atoms. The summed E-state index contributed by atoms with van der Waals surface area (Å²) in [6.45, 7) is 6.35. The molecule has 2 heterocycles. The Bertz CT molecular complexity index is 1600. The van der Waals surface area contributed by atoms with Crippen LogP contribution >= 0.6 is 11.3 Å². The fourth-order valence-electron chi connectivity index (χ4n) is 4.50. The van der Waals surface area contributed by atoms with E-state index in [0.717, 1.165) is 18.4 Å². The van der Waals surface area contributed by atoms with Crippen LogP contribution in [0.25, 0.3) is 6.08 Å². The number of carbonyl (C=O) groups excluding carboxylic acids is 1. The second-order valence-electron chi connectivity index (χ2n) is 9.03. The Morgan fingerprint density at radius 3 is 2.38 bits per heavy atom. The molecule has 0 saturated carbocycles. The highest BCUT2D eigenvalue weighted by atomic mass is 32.1. The molecule has 4 rings (SSSR count). The SMILES string of the molecule is CCCCOc1ccc(C2C(C(=O)OCC)=C(C)N=c3sc(=Cc4ccc(OC)c(OC)c4)c(=O)n32)cc1OC. The standard InChI is InChI=1S/C30H34N2O7S/c1-7-9-14-39-22-13-11-20(17-24(22)37-6)27-26(29(34)38-8-2)18(3)31-30-32(27)28(33)25(40-30)16-19-10-12-21(35-4)23(15-19)36-5/h10-13,15-17,27H,7-9,14H2,1-6H3. The van der Waals surface area contributed by atoms with Crippen molar-refractivity contribution in [3.8, 4) is 23.0 Å². The molecule has 1 aromatic heterocycles. The van der Waals surface area contributed by atoms with Gasteiger partial charge in [-0.15, -0.1) is 0 Å². The van der Waals surface area contributed by atoms with Crippen molar-refractivity contribution in [2.45, 2.75) is 39.7 Å². The topological polar surface area (TPSA) is 97.6 Å².